The molecule has 6 heteroatoms. The van der Waals surface area contributed by atoms with Gasteiger partial charge in [-0.25, -0.2) is 11.7 Å². The molecule has 32 heavy (non-hydrogen) atoms. The number of rotatable bonds is 5. The highest BCUT2D eigenvalue weighted by Crippen LogP contribution is 2.38. The molecule has 0 fully saturated rings. The minimum absolute atomic E-state index is 0.332. The monoisotopic (exact) mass is 422 g/mol. The van der Waals surface area contributed by atoms with Crippen LogP contribution in [-0.4, -0.2) is 11.8 Å². The predicted molar refractivity (Wildman–Crippen MR) is 126 cm³/mol. The third kappa shape index (κ3) is 4.13. The lowest BCUT2D eigenvalue weighted by molar-refractivity contribution is 0.0945. The van der Waals surface area contributed by atoms with Crippen LogP contribution in [0, 0.1) is 0 Å². The Morgan fingerprint density at radius 2 is 0.781 bits per heavy atom. The molecule has 0 saturated heterocycles. The van der Waals surface area contributed by atoms with E-state index in [0.717, 1.165) is 33.4 Å². The zero-order chi connectivity index (χ0) is 22.5. The van der Waals surface area contributed by atoms with Gasteiger partial charge in [0.25, 0.3) is 11.8 Å². The van der Waals surface area contributed by atoms with Crippen molar-refractivity contribution in [2.45, 2.75) is 0 Å². The fourth-order valence-corrected chi connectivity index (χ4v) is 3.71. The van der Waals surface area contributed by atoms with Crippen LogP contribution < -0.4 is 22.5 Å². The average molecular weight is 422 g/mol. The van der Waals surface area contributed by atoms with Crippen molar-refractivity contribution in [3.8, 4) is 33.4 Å². The second-order valence-corrected chi connectivity index (χ2v) is 7.19. The highest BCUT2D eigenvalue weighted by molar-refractivity contribution is 5.96. The summed E-state index contributed by atoms with van der Waals surface area (Å²) < 4.78 is 0. The lowest BCUT2D eigenvalue weighted by Gasteiger charge is -2.15. The number of hydrazine groups is 2. The van der Waals surface area contributed by atoms with E-state index in [0.29, 0.717) is 11.1 Å². The van der Waals surface area contributed by atoms with Gasteiger partial charge < -0.3 is 0 Å². The first-order valence-corrected chi connectivity index (χ1v) is 10.0. The number of nitrogen functional groups attached to an aromatic ring is 2. The normalized spacial score (nSPS) is 10.4. The van der Waals surface area contributed by atoms with Crippen LogP contribution in [0.2, 0.25) is 0 Å². The summed E-state index contributed by atoms with van der Waals surface area (Å²) in [6.07, 6.45) is 0. The average Bonchev–Trinajstić information content (AvgIpc) is 2.88. The van der Waals surface area contributed by atoms with E-state index in [1.54, 1.807) is 24.3 Å². The van der Waals surface area contributed by atoms with Gasteiger partial charge in [-0.1, -0.05) is 72.8 Å². The Hall–Kier alpha value is -4.26. The number of benzene rings is 4. The number of carbonyl (C=O) groups excluding carboxylic acids is 2. The summed E-state index contributed by atoms with van der Waals surface area (Å²) in [7, 11) is 0. The maximum atomic E-state index is 11.8. The van der Waals surface area contributed by atoms with Gasteiger partial charge in [0, 0.05) is 11.1 Å². The SMILES string of the molecule is NNC(=O)c1ccc(-c2ccccc2-c2ccccc2-c2ccc(C(=O)NN)cc2)cc1. The highest BCUT2D eigenvalue weighted by Gasteiger charge is 2.13. The predicted octanol–water partition coefficient (Wildman–Crippen LogP) is 3.89. The number of amides is 2. The van der Waals surface area contributed by atoms with Crippen molar-refractivity contribution in [3.05, 3.63) is 108 Å². The Bertz CT molecular complexity index is 1160. The van der Waals surface area contributed by atoms with E-state index in [9.17, 15) is 9.59 Å². The summed E-state index contributed by atoms with van der Waals surface area (Å²) in [5, 5.41) is 0. The first-order chi connectivity index (χ1) is 15.6. The molecule has 0 heterocycles. The van der Waals surface area contributed by atoms with Crippen LogP contribution in [-0.2, 0) is 0 Å². The van der Waals surface area contributed by atoms with E-state index in [-0.39, 0.29) is 11.8 Å². The van der Waals surface area contributed by atoms with Gasteiger partial charge >= 0.3 is 0 Å². The molecular weight excluding hydrogens is 400 g/mol. The number of nitrogens with two attached hydrogens (primary N) is 2. The molecule has 6 nitrogen and oxygen atoms in total. The van der Waals surface area contributed by atoms with Crippen molar-refractivity contribution in [1.29, 1.82) is 0 Å². The van der Waals surface area contributed by atoms with E-state index >= 15 is 0 Å². The Balaban J connectivity index is 1.78. The molecule has 0 unspecified atom stereocenters. The fraction of sp³-hybridized carbons (Fsp3) is 0. The molecule has 0 aromatic heterocycles. The van der Waals surface area contributed by atoms with Gasteiger partial charge in [0.1, 0.15) is 0 Å². The third-order valence-electron chi connectivity index (χ3n) is 5.32. The maximum Gasteiger partial charge on any atom is 0.265 e. The zero-order valence-corrected chi connectivity index (χ0v) is 17.2. The molecular formula is C26H22N4O2. The van der Waals surface area contributed by atoms with E-state index in [4.69, 9.17) is 11.7 Å². The molecule has 0 aliphatic rings. The van der Waals surface area contributed by atoms with Crippen molar-refractivity contribution in [2.75, 3.05) is 0 Å². The Kier molecular flexibility index (Phi) is 6.07. The van der Waals surface area contributed by atoms with Crippen LogP contribution in [0.3, 0.4) is 0 Å². The molecule has 0 aliphatic heterocycles. The van der Waals surface area contributed by atoms with Crippen LogP contribution >= 0.6 is 0 Å². The molecule has 0 saturated carbocycles. The number of hydrogen-bond donors (Lipinski definition) is 4. The van der Waals surface area contributed by atoms with Gasteiger partial charge in [-0.15, -0.1) is 0 Å². The molecule has 0 atom stereocenters. The molecule has 0 bridgehead atoms. The Morgan fingerprint density at radius 1 is 0.469 bits per heavy atom. The second kappa shape index (κ2) is 9.26. The third-order valence-corrected chi connectivity index (χ3v) is 5.32. The van der Waals surface area contributed by atoms with Crippen molar-refractivity contribution < 1.29 is 9.59 Å². The molecule has 0 radical (unpaired) electrons. The minimum Gasteiger partial charge on any atom is -0.290 e. The smallest absolute Gasteiger partial charge is 0.265 e. The standard InChI is InChI=1S/C26H22N4O2/c27-29-25(31)19-13-9-17(10-14-19)21-5-1-3-7-23(21)24-8-4-2-6-22(24)18-11-15-20(16-12-18)26(32)30-28/h1-16H,27-28H2,(H,29,31)(H,30,32). The van der Waals surface area contributed by atoms with Crippen LogP contribution in [0.1, 0.15) is 20.7 Å². The summed E-state index contributed by atoms with van der Waals surface area (Å²) >= 11 is 0. The highest BCUT2D eigenvalue weighted by atomic mass is 16.2. The lowest BCUT2D eigenvalue weighted by atomic mass is 9.89. The topological polar surface area (TPSA) is 110 Å². The van der Waals surface area contributed by atoms with Crippen LogP contribution in [0.15, 0.2) is 97.1 Å². The first kappa shape index (κ1) is 21.0. The maximum absolute atomic E-state index is 11.8. The van der Waals surface area contributed by atoms with Crippen molar-refractivity contribution in [1.82, 2.24) is 10.9 Å². The molecule has 0 aliphatic carbocycles. The molecule has 4 aromatic carbocycles. The molecule has 2 amide bonds. The lowest BCUT2D eigenvalue weighted by Crippen LogP contribution is -2.29. The van der Waals surface area contributed by atoms with Gasteiger partial charge in [-0.3, -0.25) is 20.4 Å². The zero-order valence-electron chi connectivity index (χ0n) is 17.2. The molecule has 4 rings (SSSR count). The van der Waals surface area contributed by atoms with Gasteiger partial charge in [-0.05, 0) is 57.6 Å². The van der Waals surface area contributed by atoms with Crippen molar-refractivity contribution >= 4 is 11.8 Å². The summed E-state index contributed by atoms with van der Waals surface area (Å²) in [5.74, 6) is 9.80. The van der Waals surface area contributed by atoms with Gasteiger partial charge in [-0.2, -0.15) is 0 Å². The second-order valence-electron chi connectivity index (χ2n) is 7.19. The summed E-state index contributed by atoms with van der Waals surface area (Å²) in [6.45, 7) is 0. The molecule has 158 valence electrons. The van der Waals surface area contributed by atoms with E-state index in [2.05, 4.69) is 35.1 Å². The van der Waals surface area contributed by atoms with Gasteiger partial charge in [0.2, 0.25) is 0 Å². The summed E-state index contributed by atoms with van der Waals surface area (Å²) in [6, 6.07) is 30.9. The Labute approximate surface area is 185 Å². The van der Waals surface area contributed by atoms with Crippen LogP contribution in [0.4, 0.5) is 0 Å². The summed E-state index contributed by atoms with van der Waals surface area (Å²) in [4.78, 5) is 23.5. The molecule has 4 aromatic rings. The number of hydrogen-bond acceptors (Lipinski definition) is 4. The van der Waals surface area contributed by atoms with E-state index < -0.39 is 0 Å². The van der Waals surface area contributed by atoms with Gasteiger partial charge in [0.15, 0.2) is 0 Å². The van der Waals surface area contributed by atoms with E-state index in [1.807, 2.05) is 48.5 Å². The molecule has 0 spiro atoms. The first-order valence-electron chi connectivity index (χ1n) is 10.0. The number of carbonyl (C=O) groups is 2. The quantitative estimate of drug-likeness (QED) is 0.222. The van der Waals surface area contributed by atoms with Crippen molar-refractivity contribution in [2.24, 2.45) is 11.7 Å². The van der Waals surface area contributed by atoms with Gasteiger partial charge in [0.05, 0.1) is 0 Å². The van der Waals surface area contributed by atoms with Crippen molar-refractivity contribution in [3.63, 3.8) is 0 Å². The Morgan fingerprint density at radius 3 is 1.09 bits per heavy atom. The largest absolute Gasteiger partial charge is 0.290 e. The fourth-order valence-electron chi connectivity index (χ4n) is 3.71. The molecule has 6 N–H and O–H groups in total. The minimum atomic E-state index is -0.332. The number of nitrogens with one attached hydrogen (secondary N) is 2. The summed E-state index contributed by atoms with van der Waals surface area (Å²) in [5.41, 5.74) is 11.5. The van der Waals surface area contributed by atoms with Crippen LogP contribution in [0.5, 0.6) is 0 Å². The van der Waals surface area contributed by atoms with E-state index in [1.165, 1.54) is 0 Å². The van der Waals surface area contributed by atoms with Crippen LogP contribution in [0.25, 0.3) is 33.4 Å².